The predicted molar refractivity (Wildman–Crippen MR) is 155 cm³/mol. The third-order valence-corrected chi connectivity index (χ3v) is 7.19. The molecule has 0 spiro atoms. The second-order valence-corrected chi connectivity index (χ2v) is 11.0. The molecule has 38 heavy (non-hydrogen) atoms. The number of nitrogens with one attached hydrogen (secondary N) is 1. The quantitative estimate of drug-likeness (QED) is 0.279. The predicted octanol–water partition coefficient (Wildman–Crippen LogP) is 7.42. The average molecular weight is 503 g/mol. The van der Waals surface area contributed by atoms with Gasteiger partial charge in [-0.1, -0.05) is 87.5 Å². The van der Waals surface area contributed by atoms with E-state index in [4.69, 9.17) is 0 Å². The van der Waals surface area contributed by atoms with Crippen molar-refractivity contribution in [2.45, 2.75) is 45.6 Å². The molecule has 0 aliphatic carbocycles. The fourth-order valence-electron chi connectivity index (χ4n) is 4.99. The Labute approximate surface area is 225 Å². The maximum Gasteiger partial charge on any atom is 0.255 e. The average Bonchev–Trinajstić information content (AvgIpc) is 2.93. The smallest absolute Gasteiger partial charge is 0.255 e. The van der Waals surface area contributed by atoms with E-state index in [-0.39, 0.29) is 17.1 Å². The van der Waals surface area contributed by atoms with Crippen molar-refractivity contribution in [3.05, 3.63) is 130 Å². The van der Waals surface area contributed by atoms with Crippen molar-refractivity contribution in [2.75, 3.05) is 16.8 Å². The molecule has 0 atom stereocenters. The van der Waals surface area contributed by atoms with Crippen LogP contribution in [0.25, 0.3) is 0 Å². The molecule has 0 bridgehead atoms. The highest BCUT2D eigenvalue weighted by molar-refractivity contribution is 6.10. The van der Waals surface area contributed by atoms with Crippen LogP contribution in [-0.4, -0.2) is 18.2 Å². The molecule has 0 saturated carbocycles. The first-order valence-electron chi connectivity index (χ1n) is 13.3. The van der Waals surface area contributed by atoms with E-state index in [0.29, 0.717) is 22.4 Å². The Morgan fingerprint density at radius 3 is 2.24 bits per heavy atom. The number of amides is 1. The highest BCUT2D eigenvalue weighted by Crippen LogP contribution is 2.28. The topological polar surface area (TPSA) is 49.4 Å². The van der Waals surface area contributed by atoms with Gasteiger partial charge in [-0.2, -0.15) is 0 Å². The number of fused-ring (bicyclic) bond motifs is 1. The third kappa shape index (κ3) is 5.70. The fourth-order valence-corrected chi connectivity index (χ4v) is 4.99. The van der Waals surface area contributed by atoms with Crippen LogP contribution in [0.2, 0.25) is 0 Å². The van der Waals surface area contributed by atoms with E-state index in [1.807, 2.05) is 48.5 Å². The van der Waals surface area contributed by atoms with Crippen molar-refractivity contribution in [3.63, 3.8) is 0 Å². The molecule has 5 rings (SSSR count). The molecule has 1 amide bonds. The van der Waals surface area contributed by atoms with Crippen molar-refractivity contribution in [3.8, 4) is 0 Å². The number of benzene rings is 4. The first-order valence-corrected chi connectivity index (χ1v) is 13.3. The van der Waals surface area contributed by atoms with Crippen molar-refractivity contribution < 1.29 is 9.59 Å². The molecular formula is C34H34N2O2. The Morgan fingerprint density at radius 1 is 0.789 bits per heavy atom. The van der Waals surface area contributed by atoms with Gasteiger partial charge in [0.25, 0.3) is 5.91 Å². The van der Waals surface area contributed by atoms with E-state index in [9.17, 15) is 9.59 Å². The van der Waals surface area contributed by atoms with Crippen LogP contribution >= 0.6 is 0 Å². The lowest BCUT2D eigenvalue weighted by Crippen LogP contribution is -2.28. The third-order valence-electron chi connectivity index (χ3n) is 7.19. The number of aryl methyl sites for hydroxylation is 1. The van der Waals surface area contributed by atoms with Gasteiger partial charge in [-0.3, -0.25) is 9.59 Å². The van der Waals surface area contributed by atoms with E-state index in [1.54, 1.807) is 24.3 Å². The number of nitrogens with zero attached hydrogens (tertiary/aromatic N) is 1. The Hall–Kier alpha value is -4.18. The van der Waals surface area contributed by atoms with E-state index < -0.39 is 0 Å². The van der Waals surface area contributed by atoms with Crippen molar-refractivity contribution in [2.24, 2.45) is 0 Å². The minimum Gasteiger partial charge on any atom is -0.367 e. The molecule has 4 aromatic rings. The number of carbonyl (C=O) groups excluding carboxylic acids is 2. The first-order chi connectivity index (χ1) is 18.3. The summed E-state index contributed by atoms with van der Waals surface area (Å²) in [6, 6.07) is 31.3. The van der Waals surface area contributed by atoms with Crippen LogP contribution in [-0.2, 0) is 18.4 Å². The van der Waals surface area contributed by atoms with Crippen LogP contribution < -0.4 is 10.2 Å². The zero-order valence-electron chi connectivity index (χ0n) is 22.3. The molecule has 0 fully saturated rings. The van der Waals surface area contributed by atoms with Crippen molar-refractivity contribution >= 4 is 23.1 Å². The highest BCUT2D eigenvalue weighted by atomic mass is 16.1. The van der Waals surface area contributed by atoms with Gasteiger partial charge < -0.3 is 10.2 Å². The maximum atomic E-state index is 13.1. The van der Waals surface area contributed by atoms with Crippen LogP contribution in [0.4, 0.5) is 11.4 Å². The minimum atomic E-state index is -0.195. The van der Waals surface area contributed by atoms with Gasteiger partial charge in [-0.25, -0.2) is 0 Å². The van der Waals surface area contributed by atoms with Gasteiger partial charge >= 0.3 is 0 Å². The van der Waals surface area contributed by atoms with Gasteiger partial charge in [0.2, 0.25) is 0 Å². The highest BCUT2D eigenvalue weighted by Gasteiger charge is 2.18. The summed E-state index contributed by atoms with van der Waals surface area (Å²) >= 11 is 0. The Kier molecular flexibility index (Phi) is 7.15. The number of anilines is 2. The maximum absolute atomic E-state index is 13.1. The van der Waals surface area contributed by atoms with Gasteiger partial charge in [0.15, 0.2) is 5.78 Å². The van der Waals surface area contributed by atoms with Crippen LogP contribution in [0, 0.1) is 0 Å². The molecule has 1 aliphatic heterocycles. The van der Waals surface area contributed by atoms with E-state index >= 15 is 0 Å². The van der Waals surface area contributed by atoms with E-state index in [0.717, 1.165) is 25.9 Å². The molecule has 4 aromatic carbocycles. The molecule has 4 nitrogen and oxygen atoms in total. The Morgan fingerprint density at radius 2 is 1.50 bits per heavy atom. The molecule has 0 radical (unpaired) electrons. The monoisotopic (exact) mass is 502 g/mol. The molecule has 192 valence electrons. The summed E-state index contributed by atoms with van der Waals surface area (Å²) in [7, 11) is 0. The number of hydrogen-bond acceptors (Lipinski definition) is 3. The van der Waals surface area contributed by atoms with E-state index in [1.165, 1.54) is 22.4 Å². The standard InChI is InChI=1S/C34H34N2O2/c1-34(2,3)29-19-17-26(18-20-29)32(37)28-9-6-11-30(22-28)35-33(38)27-15-13-24(14-16-27)23-36-21-7-10-25-8-4-5-12-31(25)36/h4-6,8-9,11-20,22H,7,10,21,23H2,1-3H3,(H,35,38). The molecular weight excluding hydrogens is 468 g/mol. The fraction of sp³-hybridized carbons (Fsp3) is 0.235. The second-order valence-electron chi connectivity index (χ2n) is 11.0. The number of rotatable bonds is 6. The molecule has 1 N–H and O–H groups in total. The molecule has 0 saturated heterocycles. The lowest BCUT2D eigenvalue weighted by atomic mass is 9.86. The summed E-state index contributed by atoms with van der Waals surface area (Å²) in [4.78, 5) is 28.4. The summed E-state index contributed by atoms with van der Waals surface area (Å²) in [5.74, 6) is -0.260. The summed E-state index contributed by atoms with van der Waals surface area (Å²) in [5.41, 5.74) is 7.45. The van der Waals surface area contributed by atoms with Crippen molar-refractivity contribution in [1.82, 2.24) is 0 Å². The number of hydrogen-bond donors (Lipinski definition) is 1. The Balaban J connectivity index is 1.24. The minimum absolute atomic E-state index is 0.0307. The largest absolute Gasteiger partial charge is 0.367 e. The van der Waals surface area contributed by atoms with E-state index in [2.05, 4.69) is 55.3 Å². The molecule has 0 aromatic heterocycles. The lowest BCUT2D eigenvalue weighted by Gasteiger charge is -2.31. The first kappa shape index (κ1) is 25.5. The van der Waals surface area contributed by atoms with Gasteiger partial charge in [-0.15, -0.1) is 0 Å². The van der Waals surface area contributed by atoms with Gasteiger partial charge in [-0.05, 0) is 65.3 Å². The molecule has 0 unspecified atom stereocenters. The zero-order chi connectivity index (χ0) is 26.7. The summed E-state index contributed by atoms with van der Waals surface area (Å²) in [6.45, 7) is 8.31. The summed E-state index contributed by atoms with van der Waals surface area (Å²) in [6.07, 6.45) is 2.28. The van der Waals surface area contributed by atoms with Crippen LogP contribution in [0.1, 0.15) is 70.2 Å². The van der Waals surface area contributed by atoms with Crippen LogP contribution in [0.3, 0.4) is 0 Å². The van der Waals surface area contributed by atoms with Gasteiger partial charge in [0.05, 0.1) is 0 Å². The molecule has 4 heteroatoms. The van der Waals surface area contributed by atoms with Crippen LogP contribution in [0.15, 0.2) is 97.1 Å². The summed E-state index contributed by atoms with van der Waals surface area (Å²) < 4.78 is 0. The van der Waals surface area contributed by atoms with Crippen LogP contribution in [0.5, 0.6) is 0 Å². The summed E-state index contributed by atoms with van der Waals surface area (Å²) in [5, 5.41) is 2.95. The van der Waals surface area contributed by atoms with Crippen molar-refractivity contribution in [1.29, 1.82) is 0 Å². The lowest BCUT2D eigenvalue weighted by molar-refractivity contribution is 0.102. The number of ketones is 1. The number of para-hydroxylation sites is 1. The Bertz CT molecular complexity index is 1450. The van der Waals surface area contributed by atoms with Gasteiger partial charge in [0, 0.05) is 41.2 Å². The number of carbonyl (C=O) groups is 2. The second kappa shape index (κ2) is 10.7. The van der Waals surface area contributed by atoms with Gasteiger partial charge in [0.1, 0.15) is 0 Å². The SMILES string of the molecule is CC(C)(C)c1ccc(C(=O)c2cccc(NC(=O)c3ccc(CN4CCCc5ccccc54)cc3)c2)cc1. The molecule has 1 aliphatic rings. The zero-order valence-corrected chi connectivity index (χ0v) is 22.3. The molecule has 1 heterocycles. The normalized spacial score (nSPS) is 13.1.